The summed E-state index contributed by atoms with van der Waals surface area (Å²) in [5.41, 5.74) is 26.1. The van der Waals surface area contributed by atoms with Gasteiger partial charge in [0.2, 0.25) is 0 Å². The summed E-state index contributed by atoms with van der Waals surface area (Å²) in [4.78, 5) is 51.0. The van der Waals surface area contributed by atoms with Gasteiger partial charge in [-0.1, -0.05) is 180 Å². The molecule has 514 valence electrons. The number of aryl methyl sites for hydroxylation is 4. The maximum Gasteiger partial charge on any atom is 0.113 e. The van der Waals surface area contributed by atoms with Crippen LogP contribution < -0.4 is 19.6 Å². The lowest BCUT2D eigenvalue weighted by molar-refractivity contribution is 0.590. The minimum absolute atomic E-state index is 0.124. The number of aromatic nitrogens is 8. The molecule has 12 heteroatoms. The van der Waals surface area contributed by atoms with Gasteiger partial charge in [0.1, 0.15) is 22.1 Å². The zero-order valence-corrected chi connectivity index (χ0v) is 62.3. The maximum absolute atomic E-state index is 5.27. The van der Waals surface area contributed by atoms with Gasteiger partial charge in [0, 0.05) is 105 Å². The molecule has 0 radical (unpaired) electrons. The summed E-state index contributed by atoms with van der Waals surface area (Å²) in [6.45, 7) is 36.1. The number of nitrogens with zero attached hydrogens (tertiary/aromatic N) is 12. The van der Waals surface area contributed by atoms with Crippen LogP contribution in [0.2, 0.25) is 0 Å². The normalized spacial score (nSPS) is 12.4. The Morgan fingerprint density at radius 1 is 0.221 bits per heavy atom. The number of fused-ring (bicyclic) bond motifs is 4. The van der Waals surface area contributed by atoms with Crippen LogP contribution in [0.4, 0.5) is 68.2 Å². The van der Waals surface area contributed by atoms with Crippen LogP contribution in [0.1, 0.15) is 128 Å². The maximum atomic E-state index is 5.27. The van der Waals surface area contributed by atoms with Crippen LogP contribution in [0.5, 0.6) is 0 Å². The summed E-state index contributed by atoms with van der Waals surface area (Å²) < 4.78 is 0. The molecule has 0 unspecified atom stereocenters. The molecule has 12 nitrogen and oxygen atoms in total. The molecule has 16 rings (SSSR count). The van der Waals surface area contributed by atoms with Gasteiger partial charge >= 0.3 is 0 Å². The highest BCUT2D eigenvalue weighted by Crippen LogP contribution is 2.58. The summed E-state index contributed by atoms with van der Waals surface area (Å²) in [6.07, 6.45) is 14.4. The molecule has 0 fully saturated rings. The van der Waals surface area contributed by atoms with E-state index in [2.05, 4.69) is 312 Å². The number of hydrogen-bond acceptors (Lipinski definition) is 12. The Bertz CT molecular complexity index is 5290. The molecular weight excluding hydrogens is 1270 g/mol. The van der Waals surface area contributed by atoms with Gasteiger partial charge in [-0.15, -0.1) is 0 Å². The zero-order chi connectivity index (χ0) is 72.5. The molecule has 0 spiro atoms. The van der Waals surface area contributed by atoms with Crippen molar-refractivity contribution in [3.8, 4) is 0 Å². The van der Waals surface area contributed by atoms with Gasteiger partial charge in [0.05, 0.1) is 67.6 Å². The molecule has 0 bridgehead atoms. The van der Waals surface area contributed by atoms with E-state index >= 15 is 0 Å². The highest BCUT2D eigenvalue weighted by atomic mass is 15.2. The fraction of sp³-hybridized carbons (Fsp3) is 0.217. The molecule has 4 heterocycles. The van der Waals surface area contributed by atoms with Crippen LogP contribution in [0.25, 0.3) is 76.5 Å². The largest absolute Gasteiger partial charge is 0.307 e. The minimum Gasteiger partial charge on any atom is -0.307 e. The summed E-state index contributed by atoms with van der Waals surface area (Å²) in [6, 6.07) is 68.0. The molecule has 104 heavy (non-hydrogen) atoms. The molecule has 0 aliphatic carbocycles. The van der Waals surface area contributed by atoms with E-state index in [-0.39, 0.29) is 21.7 Å². The standard InChI is InChI=1S/C92H86N12/c1-55-17-41-71-81(97-49-45-93-71)85(55)101(63-29-21-59(22-30-63)89(5,6)7)75-53-76(102(64-31-23-60(24-32-64)90(8,9)10)86-56(2)18-42-72-82(86)98-50-46-94-72)68-39-40-70-78(104(66-35-27-62(28-36-66)92(14,15)16)88-58(4)20-44-74-84(88)100-52-48-96-74)54-77(69-38-37-67(75)79(68)80(69)70)103(65-33-25-61(26-34-65)91(11,12)13)87-57(3)19-43-73-83(87)99-51-47-95-73/h17-54H,1-16H3. The van der Waals surface area contributed by atoms with Crippen molar-refractivity contribution in [1.82, 2.24) is 39.9 Å². The van der Waals surface area contributed by atoms with Crippen LogP contribution in [0.3, 0.4) is 0 Å². The molecule has 0 atom stereocenters. The molecule has 0 aliphatic rings. The van der Waals surface area contributed by atoms with Crippen molar-refractivity contribution in [1.29, 1.82) is 0 Å². The van der Waals surface area contributed by atoms with Crippen LogP contribution in [-0.2, 0) is 21.7 Å². The number of anilines is 12. The molecular formula is C92H86N12. The van der Waals surface area contributed by atoms with Crippen molar-refractivity contribution in [3.63, 3.8) is 0 Å². The molecule has 0 amide bonds. The monoisotopic (exact) mass is 1360 g/mol. The van der Waals surface area contributed by atoms with Gasteiger partial charge in [0.15, 0.2) is 0 Å². The number of hydrogen-bond donors (Lipinski definition) is 0. The SMILES string of the molecule is Cc1ccc2nccnc2c1N(c1ccc(C(C)(C)C)cc1)c1cc(N(c2ccc(C(C)(C)C)cc2)c2c(C)ccc3nccnc23)c2ccc3c(N(c4ccc(C(C)(C)C)cc4)c4c(C)ccc5nccnc45)cc(N(c4ccc(C(C)(C)C)cc4)c4c(C)ccc5nccnc45)c4ccc1c2c43. The lowest BCUT2D eigenvalue weighted by Crippen LogP contribution is -2.19. The Morgan fingerprint density at radius 3 is 0.606 bits per heavy atom. The first-order valence-corrected chi connectivity index (χ1v) is 36.0. The molecule has 16 aromatic rings. The third kappa shape index (κ3) is 11.5. The Balaban J connectivity index is 1.15. The Labute approximate surface area is 609 Å². The average Bonchev–Trinajstić information content (AvgIpc) is 0.695. The third-order valence-corrected chi connectivity index (χ3v) is 20.9. The summed E-state index contributed by atoms with van der Waals surface area (Å²) in [7, 11) is 0. The van der Waals surface area contributed by atoms with E-state index in [4.69, 9.17) is 39.9 Å². The van der Waals surface area contributed by atoms with E-state index in [0.29, 0.717) is 0 Å². The van der Waals surface area contributed by atoms with Crippen LogP contribution in [0.15, 0.2) is 232 Å². The predicted molar refractivity (Wildman–Crippen MR) is 435 cm³/mol. The van der Waals surface area contributed by atoms with E-state index < -0.39 is 0 Å². The third-order valence-electron chi connectivity index (χ3n) is 20.9. The second kappa shape index (κ2) is 25.0. The van der Waals surface area contributed by atoms with Crippen LogP contribution in [0, 0.1) is 27.7 Å². The molecule has 0 saturated carbocycles. The van der Waals surface area contributed by atoms with Crippen molar-refractivity contribution in [2.24, 2.45) is 0 Å². The van der Waals surface area contributed by atoms with E-state index in [9.17, 15) is 0 Å². The molecule has 0 saturated heterocycles. The lowest BCUT2D eigenvalue weighted by Gasteiger charge is -2.36. The van der Waals surface area contributed by atoms with Gasteiger partial charge in [-0.05, 0) is 179 Å². The molecule has 0 aliphatic heterocycles. The van der Waals surface area contributed by atoms with Crippen molar-refractivity contribution >= 4 is 145 Å². The van der Waals surface area contributed by atoms with Crippen LogP contribution >= 0.6 is 0 Å². The highest BCUT2D eigenvalue weighted by molar-refractivity contribution is 6.33. The topological polar surface area (TPSA) is 116 Å². The van der Waals surface area contributed by atoms with Gasteiger partial charge in [-0.2, -0.15) is 0 Å². The Kier molecular flexibility index (Phi) is 16.1. The van der Waals surface area contributed by atoms with Crippen molar-refractivity contribution in [2.45, 2.75) is 132 Å². The second-order valence-electron chi connectivity index (χ2n) is 32.1. The molecule has 0 N–H and O–H groups in total. The fourth-order valence-corrected chi connectivity index (χ4v) is 15.3. The van der Waals surface area contributed by atoms with E-state index in [1.54, 1.807) is 24.8 Å². The zero-order valence-electron chi connectivity index (χ0n) is 62.3. The first kappa shape index (κ1) is 66.8. The van der Waals surface area contributed by atoms with E-state index in [0.717, 1.165) is 167 Å². The first-order valence-electron chi connectivity index (χ1n) is 36.0. The van der Waals surface area contributed by atoms with Gasteiger partial charge in [0.25, 0.3) is 0 Å². The van der Waals surface area contributed by atoms with E-state index in [1.165, 1.54) is 22.3 Å². The van der Waals surface area contributed by atoms with Gasteiger partial charge in [-0.3, -0.25) is 39.9 Å². The quantitative estimate of drug-likeness (QED) is 0.108. The second-order valence-corrected chi connectivity index (χ2v) is 32.1. The minimum atomic E-state index is -0.124. The summed E-state index contributed by atoms with van der Waals surface area (Å²) in [5.74, 6) is 0. The summed E-state index contributed by atoms with van der Waals surface area (Å²) >= 11 is 0. The average molecular weight is 1360 g/mol. The fourth-order valence-electron chi connectivity index (χ4n) is 15.3. The molecule has 12 aromatic carbocycles. The number of rotatable bonds is 12. The van der Waals surface area contributed by atoms with Crippen molar-refractivity contribution < 1.29 is 0 Å². The molecule has 4 aromatic heterocycles. The predicted octanol–water partition coefficient (Wildman–Crippen LogP) is 24.7. The van der Waals surface area contributed by atoms with Gasteiger partial charge in [-0.25, -0.2) is 0 Å². The Morgan fingerprint density at radius 2 is 0.413 bits per heavy atom. The van der Waals surface area contributed by atoms with Crippen molar-refractivity contribution in [3.05, 3.63) is 276 Å². The smallest absolute Gasteiger partial charge is 0.113 e. The lowest BCUT2D eigenvalue weighted by atomic mass is 9.86. The van der Waals surface area contributed by atoms with Crippen LogP contribution in [-0.4, -0.2) is 39.9 Å². The van der Waals surface area contributed by atoms with Crippen molar-refractivity contribution in [2.75, 3.05) is 19.6 Å². The van der Waals surface area contributed by atoms with Gasteiger partial charge < -0.3 is 19.6 Å². The first-order chi connectivity index (χ1) is 49.8. The summed E-state index contributed by atoms with van der Waals surface area (Å²) in [5, 5.41) is 6.17. The highest BCUT2D eigenvalue weighted by Gasteiger charge is 2.34. The van der Waals surface area contributed by atoms with E-state index in [1.807, 2.05) is 24.8 Å². The number of benzene rings is 12. The Hall–Kier alpha value is -11.8.